The minimum absolute atomic E-state index is 0.0347. The molecular weight excluding hydrogens is 279 g/mol. The third-order valence-electron chi connectivity index (χ3n) is 2.38. The summed E-state index contributed by atoms with van der Waals surface area (Å²) in [6, 6.07) is 5.51. The van der Waals surface area contributed by atoms with Gasteiger partial charge >= 0.3 is 0 Å². The molecule has 1 aliphatic heterocycles. The molecule has 1 atom stereocenters. The van der Waals surface area contributed by atoms with Crippen LogP contribution in [0, 0.1) is 0 Å². The van der Waals surface area contributed by atoms with Crippen molar-refractivity contribution in [1.29, 1.82) is 0 Å². The van der Waals surface area contributed by atoms with Crippen molar-refractivity contribution in [1.82, 2.24) is 4.90 Å². The van der Waals surface area contributed by atoms with E-state index in [9.17, 15) is 4.79 Å². The van der Waals surface area contributed by atoms with Gasteiger partial charge in [-0.3, -0.25) is 4.79 Å². The van der Waals surface area contributed by atoms with Crippen molar-refractivity contribution in [3.05, 3.63) is 28.2 Å². The predicted octanol–water partition coefficient (Wildman–Crippen LogP) is 2.86. The molecule has 1 heterocycles. The summed E-state index contributed by atoms with van der Waals surface area (Å²) in [7, 11) is 0. The van der Waals surface area contributed by atoms with Crippen molar-refractivity contribution in [3.63, 3.8) is 0 Å². The summed E-state index contributed by atoms with van der Waals surface area (Å²) in [5.41, 5.74) is 0.948. The van der Waals surface area contributed by atoms with Gasteiger partial charge in [0.1, 0.15) is 0 Å². The summed E-state index contributed by atoms with van der Waals surface area (Å²) in [5.74, 6) is -0.0347. The SMILES string of the molecule is CCN1C(=O)c2cccc(Br)c2NC1Cl. The number of halogens is 2. The molecule has 1 N–H and O–H groups in total. The molecule has 0 spiro atoms. The lowest BCUT2D eigenvalue weighted by molar-refractivity contribution is 0.0745. The van der Waals surface area contributed by atoms with E-state index in [1.807, 2.05) is 19.1 Å². The van der Waals surface area contributed by atoms with E-state index >= 15 is 0 Å². The van der Waals surface area contributed by atoms with Crippen LogP contribution < -0.4 is 5.32 Å². The first-order valence-electron chi connectivity index (χ1n) is 4.65. The molecule has 0 aromatic heterocycles. The molecule has 3 nitrogen and oxygen atoms in total. The number of hydrogen-bond acceptors (Lipinski definition) is 2. The molecule has 0 saturated carbocycles. The topological polar surface area (TPSA) is 32.3 Å². The van der Waals surface area contributed by atoms with E-state index in [4.69, 9.17) is 11.6 Å². The lowest BCUT2D eigenvalue weighted by Crippen LogP contribution is -2.45. The van der Waals surface area contributed by atoms with E-state index < -0.39 is 5.62 Å². The molecule has 1 aromatic rings. The maximum Gasteiger partial charge on any atom is 0.258 e. The Hall–Kier alpha value is -0.740. The van der Waals surface area contributed by atoms with E-state index in [1.54, 1.807) is 11.0 Å². The molecular formula is C10H10BrClN2O. The zero-order chi connectivity index (χ0) is 11.0. The van der Waals surface area contributed by atoms with Gasteiger partial charge in [-0.15, -0.1) is 0 Å². The molecule has 0 saturated heterocycles. The van der Waals surface area contributed by atoms with E-state index in [1.165, 1.54) is 0 Å². The number of nitrogens with zero attached hydrogens (tertiary/aromatic N) is 1. The van der Waals surface area contributed by atoms with Crippen LogP contribution in [0.25, 0.3) is 0 Å². The first-order valence-corrected chi connectivity index (χ1v) is 5.88. The van der Waals surface area contributed by atoms with Gasteiger partial charge < -0.3 is 10.2 Å². The fourth-order valence-corrected chi connectivity index (χ4v) is 2.42. The number of benzene rings is 1. The smallest absolute Gasteiger partial charge is 0.258 e. The van der Waals surface area contributed by atoms with Crippen LogP contribution >= 0.6 is 27.5 Å². The van der Waals surface area contributed by atoms with Crippen molar-refractivity contribution >= 4 is 39.1 Å². The van der Waals surface area contributed by atoms with Crippen molar-refractivity contribution in [2.45, 2.75) is 12.5 Å². The highest BCUT2D eigenvalue weighted by Gasteiger charge is 2.30. The molecule has 0 radical (unpaired) electrons. The highest BCUT2D eigenvalue weighted by Crippen LogP contribution is 2.32. The first-order chi connectivity index (χ1) is 7.15. The standard InChI is InChI=1S/C10H10BrClN2O/c1-2-14-9(15)6-4-3-5-7(11)8(6)13-10(14)12/h3-5,10,13H,2H2,1H3. The summed E-state index contributed by atoms with van der Waals surface area (Å²) in [5, 5.41) is 3.08. The van der Waals surface area contributed by atoms with Gasteiger partial charge in [-0.1, -0.05) is 17.7 Å². The number of rotatable bonds is 1. The Kier molecular flexibility index (Phi) is 2.89. The largest absolute Gasteiger partial charge is 0.351 e. The van der Waals surface area contributed by atoms with Crippen LogP contribution in [0.4, 0.5) is 5.69 Å². The van der Waals surface area contributed by atoms with Crippen LogP contribution in [0.2, 0.25) is 0 Å². The molecule has 80 valence electrons. The summed E-state index contributed by atoms with van der Waals surface area (Å²) < 4.78 is 0.856. The van der Waals surface area contributed by atoms with Crippen LogP contribution in [0.5, 0.6) is 0 Å². The van der Waals surface area contributed by atoms with Gasteiger partial charge in [-0.05, 0) is 35.0 Å². The Bertz CT molecular complexity index is 410. The van der Waals surface area contributed by atoms with Crippen LogP contribution in [0.3, 0.4) is 0 Å². The zero-order valence-corrected chi connectivity index (χ0v) is 10.5. The van der Waals surface area contributed by atoms with Gasteiger partial charge in [0.15, 0.2) is 5.62 Å². The average Bonchev–Trinajstić information content (AvgIpc) is 2.20. The average molecular weight is 290 g/mol. The van der Waals surface area contributed by atoms with Crippen molar-refractivity contribution in [2.75, 3.05) is 11.9 Å². The van der Waals surface area contributed by atoms with Gasteiger partial charge in [0, 0.05) is 11.0 Å². The van der Waals surface area contributed by atoms with Crippen molar-refractivity contribution in [2.24, 2.45) is 0 Å². The van der Waals surface area contributed by atoms with E-state index in [-0.39, 0.29) is 5.91 Å². The number of para-hydroxylation sites is 1. The summed E-state index contributed by atoms with van der Waals surface area (Å²) in [6.45, 7) is 2.49. The molecule has 5 heteroatoms. The van der Waals surface area contributed by atoms with Crippen LogP contribution in [0.1, 0.15) is 17.3 Å². The minimum Gasteiger partial charge on any atom is -0.351 e. The first kappa shape index (κ1) is 10.8. The van der Waals surface area contributed by atoms with Crippen LogP contribution in [-0.2, 0) is 0 Å². The highest BCUT2D eigenvalue weighted by molar-refractivity contribution is 9.10. The molecule has 1 amide bonds. The Morgan fingerprint density at radius 1 is 1.60 bits per heavy atom. The quantitative estimate of drug-likeness (QED) is 0.637. The molecule has 15 heavy (non-hydrogen) atoms. The molecule has 0 bridgehead atoms. The molecule has 0 aliphatic carbocycles. The second-order valence-electron chi connectivity index (χ2n) is 3.23. The summed E-state index contributed by atoms with van der Waals surface area (Å²) >= 11 is 9.44. The van der Waals surface area contributed by atoms with Crippen molar-refractivity contribution < 1.29 is 4.79 Å². The lowest BCUT2D eigenvalue weighted by atomic mass is 10.1. The lowest BCUT2D eigenvalue weighted by Gasteiger charge is -2.33. The fraction of sp³-hybridized carbons (Fsp3) is 0.300. The van der Waals surface area contributed by atoms with Crippen molar-refractivity contribution in [3.8, 4) is 0 Å². The van der Waals surface area contributed by atoms with Gasteiger partial charge in [0.2, 0.25) is 0 Å². The number of hydrogen-bond donors (Lipinski definition) is 1. The Morgan fingerprint density at radius 3 is 3.00 bits per heavy atom. The zero-order valence-electron chi connectivity index (χ0n) is 8.13. The Balaban J connectivity index is 2.50. The van der Waals surface area contributed by atoms with Gasteiger partial charge in [-0.2, -0.15) is 0 Å². The number of carbonyl (C=O) groups excluding carboxylic acids is 1. The minimum atomic E-state index is -0.478. The molecule has 1 aliphatic rings. The van der Waals surface area contributed by atoms with Gasteiger partial charge in [0.25, 0.3) is 5.91 Å². The maximum atomic E-state index is 12.0. The van der Waals surface area contributed by atoms with Gasteiger partial charge in [-0.25, -0.2) is 0 Å². The van der Waals surface area contributed by atoms with Crippen LogP contribution in [0.15, 0.2) is 22.7 Å². The summed E-state index contributed by atoms with van der Waals surface area (Å²) in [6.07, 6.45) is 0. The fourth-order valence-electron chi connectivity index (χ4n) is 1.61. The molecule has 2 rings (SSSR count). The monoisotopic (exact) mass is 288 g/mol. The second kappa shape index (κ2) is 4.02. The third kappa shape index (κ3) is 1.72. The molecule has 0 fully saturated rings. The molecule has 1 unspecified atom stereocenters. The van der Waals surface area contributed by atoms with Gasteiger partial charge in [0.05, 0.1) is 11.3 Å². The van der Waals surface area contributed by atoms with E-state index in [2.05, 4.69) is 21.2 Å². The maximum absolute atomic E-state index is 12.0. The number of anilines is 1. The predicted molar refractivity (Wildman–Crippen MR) is 64.1 cm³/mol. The number of amides is 1. The number of carbonyl (C=O) groups is 1. The summed E-state index contributed by atoms with van der Waals surface area (Å²) in [4.78, 5) is 13.6. The second-order valence-corrected chi connectivity index (χ2v) is 4.50. The van der Waals surface area contributed by atoms with E-state index in [0.717, 1.165) is 10.2 Å². The number of alkyl halides is 1. The van der Waals surface area contributed by atoms with E-state index in [0.29, 0.717) is 12.1 Å². The van der Waals surface area contributed by atoms with Crippen LogP contribution in [-0.4, -0.2) is 23.0 Å². The Labute approximate surface area is 102 Å². The highest BCUT2D eigenvalue weighted by atomic mass is 79.9. The Morgan fingerprint density at radius 2 is 2.33 bits per heavy atom. The third-order valence-corrected chi connectivity index (χ3v) is 3.39. The normalized spacial score (nSPS) is 19.8. The number of fused-ring (bicyclic) bond motifs is 1. The number of nitrogens with one attached hydrogen (secondary N) is 1. The molecule has 1 aromatic carbocycles.